The van der Waals surface area contributed by atoms with E-state index in [1.54, 1.807) is 18.2 Å². The second-order valence-electron chi connectivity index (χ2n) is 3.68. The van der Waals surface area contributed by atoms with Gasteiger partial charge in [-0.2, -0.15) is 0 Å². The van der Waals surface area contributed by atoms with Gasteiger partial charge in [-0.25, -0.2) is 9.37 Å². The van der Waals surface area contributed by atoms with Crippen molar-refractivity contribution in [1.82, 2.24) is 15.0 Å². The Bertz CT molecular complexity index is 727. The molecule has 5 heteroatoms. The maximum atomic E-state index is 12.8. The molecule has 0 unspecified atom stereocenters. The molecule has 2 aromatic heterocycles. The van der Waals surface area contributed by atoms with E-state index in [4.69, 9.17) is 0 Å². The van der Waals surface area contributed by atoms with Gasteiger partial charge >= 0.3 is 0 Å². The summed E-state index contributed by atoms with van der Waals surface area (Å²) in [6, 6.07) is 7.74. The zero-order chi connectivity index (χ0) is 11.8. The summed E-state index contributed by atoms with van der Waals surface area (Å²) in [7, 11) is 0. The van der Waals surface area contributed by atoms with Crippen molar-refractivity contribution in [2.24, 2.45) is 0 Å². The SMILES string of the molecule is O=c1[nH]cnc2[nH]c(-c3ccc(F)cc3)cc12. The van der Waals surface area contributed by atoms with Crippen LogP contribution >= 0.6 is 0 Å². The van der Waals surface area contributed by atoms with E-state index in [-0.39, 0.29) is 11.4 Å². The summed E-state index contributed by atoms with van der Waals surface area (Å²) in [6.07, 6.45) is 1.34. The summed E-state index contributed by atoms with van der Waals surface area (Å²) in [5, 5.41) is 0.492. The Labute approximate surface area is 95.1 Å². The molecule has 3 aromatic rings. The van der Waals surface area contributed by atoms with Gasteiger partial charge in [0.1, 0.15) is 11.5 Å². The molecule has 0 fully saturated rings. The van der Waals surface area contributed by atoms with Gasteiger partial charge in [-0.05, 0) is 35.9 Å². The van der Waals surface area contributed by atoms with Gasteiger partial charge in [0, 0.05) is 5.69 Å². The second kappa shape index (κ2) is 3.55. The van der Waals surface area contributed by atoms with Crippen LogP contribution in [0.25, 0.3) is 22.3 Å². The molecular formula is C12H8FN3O. The Morgan fingerprint density at radius 3 is 2.65 bits per heavy atom. The van der Waals surface area contributed by atoms with E-state index in [1.807, 2.05) is 0 Å². The van der Waals surface area contributed by atoms with E-state index in [0.717, 1.165) is 11.3 Å². The van der Waals surface area contributed by atoms with Crippen molar-refractivity contribution < 1.29 is 4.39 Å². The van der Waals surface area contributed by atoms with Gasteiger partial charge in [0.05, 0.1) is 11.7 Å². The highest BCUT2D eigenvalue weighted by atomic mass is 19.1. The predicted molar refractivity (Wildman–Crippen MR) is 62.1 cm³/mol. The molecule has 84 valence electrons. The molecule has 0 aliphatic rings. The molecule has 0 atom stereocenters. The lowest BCUT2D eigenvalue weighted by Crippen LogP contribution is -2.04. The number of nitrogens with one attached hydrogen (secondary N) is 2. The molecule has 0 spiro atoms. The second-order valence-corrected chi connectivity index (χ2v) is 3.68. The molecule has 3 rings (SSSR count). The molecule has 0 saturated carbocycles. The lowest BCUT2D eigenvalue weighted by Gasteiger charge is -1.96. The summed E-state index contributed by atoms with van der Waals surface area (Å²) in [5.74, 6) is -0.291. The fraction of sp³-hybridized carbons (Fsp3) is 0. The van der Waals surface area contributed by atoms with E-state index in [9.17, 15) is 9.18 Å². The van der Waals surface area contributed by atoms with E-state index in [0.29, 0.717) is 11.0 Å². The number of rotatable bonds is 1. The minimum absolute atomic E-state index is 0.195. The molecule has 2 heterocycles. The highest BCUT2D eigenvalue weighted by Crippen LogP contribution is 2.21. The molecule has 0 saturated heterocycles. The van der Waals surface area contributed by atoms with Crippen LogP contribution in [0.3, 0.4) is 0 Å². The van der Waals surface area contributed by atoms with Crippen LogP contribution in [0.4, 0.5) is 4.39 Å². The molecule has 0 amide bonds. The summed E-state index contributed by atoms with van der Waals surface area (Å²) in [5.41, 5.74) is 1.88. The number of aromatic amines is 2. The Hall–Kier alpha value is -2.43. The third-order valence-corrected chi connectivity index (χ3v) is 2.59. The lowest BCUT2D eigenvalue weighted by molar-refractivity contribution is 0.628. The van der Waals surface area contributed by atoms with Crippen LogP contribution in [-0.2, 0) is 0 Å². The monoisotopic (exact) mass is 229 g/mol. The highest BCUT2D eigenvalue weighted by molar-refractivity contribution is 5.81. The van der Waals surface area contributed by atoms with Gasteiger partial charge < -0.3 is 9.97 Å². The number of hydrogen-bond acceptors (Lipinski definition) is 2. The number of aromatic nitrogens is 3. The Balaban J connectivity index is 2.21. The first-order chi connectivity index (χ1) is 8.24. The number of benzene rings is 1. The number of hydrogen-bond donors (Lipinski definition) is 2. The van der Waals surface area contributed by atoms with Crippen LogP contribution in [-0.4, -0.2) is 15.0 Å². The molecule has 0 radical (unpaired) electrons. The molecule has 0 aliphatic heterocycles. The normalized spacial score (nSPS) is 10.9. The molecule has 1 aromatic carbocycles. The Kier molecular flexibility index (Phi) is 2.04. The van der Waals surface area contributed by atoms with Gasteiger partial charge in [-0.3, -0.25) is 4.79 Å². The van der Waals surface area contributed by atoms with E-state index < -0.39 is 0 Å². The first-order valence-corrected chi connectivity index (χ1v) is 5.06. The van der Waals surface area contributed by atoms with Crippen LogP contribution in [0.15, 0.2) is 41.5 Å². The molecule has 2 N–H and O–H groups in total. The van der Waals surface area contributed by atoms with E-state index in [1.165, 1.54) is 18.5 Å². The third-order valence-electron chi connectivity index (χ3n) is 2.59. The van der Waals surface area contributed by atoms with Gasteiger partial charge in [0.15, 0.2) is 0 Å². The van der Waals surface area contributed by atoms with E-state index in [2.05, 4.69) is 15.0 Å². The van der Waals surface area contributed by atoms with Crippen molar-refractivity contribution in [3.8, 4) is 11.3 Å². The van der Waals surface area contributed by atoms with Gasteiger partial charge in [0.2, 0.25) is 0 Å². The topological polar surface area (TPSA) is 61.5 Å². The Morgan fingerprint density at radius 1 is 1.18 bits per heavy atom. The quantitative estimate of drug-likeness (QED) is 0.670. The van der Waals surface area contributed by atoms with Crippen molar-refractivity contribution in [2.75, 3.05) is 0 Å². The number of fused-ring (bicyclic) bond motifs is 1. The van der Waals surface area contributed by atoms with Crippen LogP contribution in [0.1, 0.15) is 0 Å². The van der Waals surface area contributed by atoms with Crippen molar-refractivity contribution in [2.45, 2.75) is 0 Å². The molecule has 17 heavy (non-hydrogen) atoms. The number of halogens is 1. The van der Waals surface area contributed by atoms with Gasteiger partial charge in [-0.15, -0.1) is 0 Å². The molecular weight excluding hydrogens is 221 g/mol. The van der Waals surface area contributed by atoms with Crippen molar-refractivity contribution in [1.29, 1.82) is 0 Å². The van der Waals surface area contributed by atoms with Crippen LogP contribution in [0.2, 0.25) is 0 Å². The first-order valence-electron chi connectivity index (χ1n) is 5.06. The summed E-state index contributed by atoms with van der Waals surface area (Å²) >= 11 is 0. The highest BCUT2D eigenvalue weighted by Gasteiger charge is 2.06. The zero-order valence-electron chi connectivity index (χ0n) is 8.70. The van der Waals surface area contributed by atoms with Crippen molar-refractivity contribution in [3.63, 3.8) is 0 Å². The fourth-order valence-electron chi connectivity index (χ4n) is 1.74. The minimum Gasteiger partial charge on any atom is -0.339 e. The van der Waals surface area contributed by atoms with Crippen molar-refractivity contribution >= 4 is 11.0 Å². The third kappa shape index (κ3) is 1.61. The molecule has 0 aliphatic carbocycles. The molecule has 0 bridgehead atoms. The van der Waals surface area contributed by atoms with E-state index >= 15 is 0 Å². The Morgan fingerprint density at radius 2 is 1.94 bits per heavy atom. The van der Waals surface area contributed by atoms with Gasteiger partial charge in [-0.1, -0.05) is 0 Å². The van der Waals surface area contributed by atoms with Crippen LogP contribution in [0, 0.1) is 5.82 Å². The number of nitrogens with zero attached hydrogens (tertiary/aromatic N) is 1. The average molecular weight is 229 g/mol. The number of H-pyrrole nitrogens is 2. The molecule has 4 nitrogen and oxygen atoms in total. The lowest BCUT2D eigenvalue weighted by atomic mass is 10.1. The first kappa shape index (κ1) is 9.77. The fourth-order valence-corrected chi connectivity index (χ4v) is 1.74. The van der Waals surface area contributed by atoms with Crippen LogP contribution in [0.5, 0.6) is 0 Å². The standard InChI is InChI=1S/C12H8FN3O/c13-8-3-1-7(2-4-8)10-5-9-11(16-10)14-6-15-12(9)17/h1-6H,(H2,14,15,16,17). The zero-order valence-corrected chi connectivity index (χ0v) is 8.70. The maximum Gasteiger partial charge on any atom is 0.260 e. The summed E-state index contributed by atoms with van der Waals surface area (Å²) in [4.78, 5) is 21.0. The summed E-state index contributed by atoms with van der Waals surface area (Å²) in [6.45, 7) is 0. The maximum absolute atomic E-state index is 12.8. The van der Waals surface area contributed by atoms with Gasteiger partial charge in [0.25, 0.3) is 5.56 Å². The minimum atomic E-state index is -0.291. The van der Waals surface area contributed by atoms with Crippen molar-refractivity contribution in [3.05, 3.63) is 52.8 Å². The summed E-state index contributed by atoms with van der Waals surface area (Å²) < 4.78 is 12.8. The average Bonchev–Trinajstić information content (AvgIpc) is 2.75. The van der Waals surface area contributed by atoms with Crippen LogP contribution < -0.4 is 5.56 Å². The predicted octanol–water partition coefficient (Wildman–Crippen LogP) is 2.06. The largest absolute Gasteiger partial charge is 0.339 e. The smallest absolute Gasteiger partial charge is 0.260 e.